The van der Waals surface area contributed by atoms with Crippen LogP contribution in [0.25, 0.3) is 0 Å². The molecule has 3 rings (SSSR count). The van der Waals surface area contributed by atoms with Crippen molar-refractivity contribution in [2.75, 3.05) is 13.7 Å². The zero-order valence-corrected chi connectivity index (χ0v) is 19.0. The minimum atomic E-state index is -4.83. The second kappa shape index (κ2) is 11.7. The Kier molecular flexibility index (Phi) is 9.52. The highest BCUT2D eigenvalue weighted by molar-refractivity contribution is 5.66. The lowest BCUT2D eigenvalue weighted by atomic mass is 9.96. The molecule has 0 saturated carbocycles. The number of alkyl halides is 6. The summed E-state index contributed by atoms with van der Waals surface area (Å²) in [5, 5.41) is 3.41. The Morgan fingerprint density at radius 1 is 0.971 bits per heavy atom. The normalized spacial score (nSPS) is 19.6. The van der Waals surface area contributed by atoms with E-state index < -0.39 is 29.6 Å². The van der Waals surface area contributed by atoms with Crippen LogP contribution < -0.4 is 5.32 Å². The van der Waals surface area contributed by atoms with E-state index in [0.29, 0.717) is 18.2 Å². The molecule has 2 aromatic carbocycles. The molecule has 1 saturated heterocycles. The summed E-state index contributed by atoms with van der Waals surface area (Å²) in [5.74, 6) is -0.190. The number of benzene rings is 2. The molecule has 1 fully saturated rings. The fraction of sp³-hybridized carbons (Fsp3) is 0.458. The molecule has 10 heteroatoms. The molecule has 0 amide bonds. The van der Waals surface area contributed by atoms with Crippen molar-refractivity contribution in [2.24, 2.45) is 0 Å². The van der Waals surface area contributed by atoms with Gasteiger partial charge in [0.15, 0.2) is 0 Å². The van der Waals surface area contributed by atoms with Gasteiger partial charge in [-0.3, -0.25) is 4.79 Å². The van der Waals surface area contributed by atoms with Crippen LogP contribution in [0, 0.1) is 0 Å². The lowest BCUT2D eigenvalue weighted by molar-refractivity contribution is -0.147. The van der Waals surface area contributed by atoms with Crippen LogP contribution in [0.15, 0.2) is 48.5 Å². The first-order chi connectivity index (χ1) is 15.8. The Bertz CT molecular complexity index is 890. The molecule has 1 N–H and O–H groups in total. The molecule has 0 spiro atoms. The lowest BCUT2D eigenvalue weighted by Crippen LogP contribution is -2.38. The Balaban J connectivity index is 0.000000241. The number of hydrogen-bond donors (Lipinski definition) is 1. The molecular formula is C24H27F6NO3. The number of esters is 1. The van der Waals surface area contributed by atoms with E-state index in [-0.39, 0.29) is 23.7 Å². The van der Waals surface area contributed by atoms with E-state index >= 15 is 0 Å². The first kappa shape index (κ1) is 27.7. The number of rotatable bonds is 4. The molecule has 3 atom stereocenters. The summed E-state index contributed by atoms with van der Waals surface area (Å²) in [6.07, 6.45) is -8.52. The van der Waals surface area contributed by atoms with Crippen LogP contribution in [-0.2, 0) is 26.6 Å². The number of methoxy groups -OCH3 is 1. The number of halogens is 6. The number of carbonyl (C=O) groups is 1. The second-order valence-corrected chi connectivity index (χ2v) is 7.90. The fourth-order valence-corrected chi connectivity index (χ4v) is 3.49. The third-order valence-corrected chi connectivity index (χ3v) is 5.34. The first-order valence-electron chi connectivity index (χ1n) is 10.6. The Morgan fingerprint density at radius 2 is 1.53 bits per heavy atom. The molecule has 0 radical (unpaired) electrons. The van der Waals surface area contributed by atoms with Crippen LogP contribution in [0.5, 0.6) is 0 Å². The number of piperidine rings is 1. The third-order valence-electron chi connectivity index (χ3n) is 5.34. The maximum absolute atomic E-state index is 12.5. The van der Waals surface area contributed by atoms with Crippen molar-refractivity contribution in [1.82, 2.24) is 5.32 Å². The van der Waals surface area contributed by atoms with Gasteiger partial charge in [0.05, 0.1) is 17.2 Å². The summed E-state index contributed by atoms with van der Waals surface area (Å²) < 4.78 is 84.9. The Hall–Kier alpha value is -2.59. The van der Waals surface area contributed by atoms with Crippen molar-refractivity contribution in [3.05, 3.63) is 70.8 Å². The van der Waals surface area contributed by atoms with Gasteiger partial charge < -0.3 is 14.8 Å². The van der Waals surface area contributed by atoms with E-state index in [0.717, 1.165) is 19.4 Å². The molecule has 1 aliphatic heterocycles. The van der Waals surface area contributed by atoms with Crippen molar-refractivity contribution in [3.63, 3.8) is 0 Å². The zero-order valence-electron chi connectivity index (χ0n) is 19.0. The third kappa shape index (κ3) is 8.32. The molecule has 34 heavy (non-hydrogen) atoms. The topological polar surface area (TPSA) is 47.6 Å². The van der Waals surface area contributed by atoms with E-state index in [9.17, 15) is 31.1 Å². The van der Waals surface area contributed by atoms with Crippen LogP contribution in [0.1, 0.15) is 61.1 Å². The molecule has 4 nitrogen and oxygen atoms in total. The van der Waals surface area contributed by atoms with Gasteiger partial charge in [0, 0.05) is 26.6 Å². The van der Waals surface area contributed by atoms with Gasteiger partial charge in [-0.25, -0.2) is 0 Å². The number of carbonyl (C=O) groups excluding carboxylic acids is 1. The van der Waals surface area contributed by atoms with Crippen molar-refractivity contribution >= 4 is 5.97 Å². The Labute approximate surface area is 194 Å². The van der Waals surface area contributed by atoms with E-state index in [2.05, 4.69) is 29.6 Å². The van der Waals surface area contributed by atoms with Crippen molar-refractivity contribution < 1.29 is 40.6 Å². The fourth-order valence-electron chi connectivity index (χ4n) is 3.49. The number of ether oxygens (including phenoxy) is 2. The summed E-state index contributed by atoms with van der Waals surface area (Å²) in [4.78, 5) is 10.8. The van der Waals surface area contributed by atoms with Gasteiger partial charge in [0.25, 0.3) is 0 Å². The van der Waals surface area contributed by atoms with Gasteiger partial charge in [-0.1, -0.05) is 30.3 Å². The minimum Gasteiger partial charge on any atom is -0.461 e. The van der Waals surface area contributed by atoms with Crippen LogP contribution in [0.3, 0.4) is 0 Å². The molecule has 0 aromatic heterocycles. The maximum Gasteiger partial charge on any atom is 0.416 e. The highest BCUT2D eigenvalue weighted by Crippen LogP contribution is 2.37. The van der Waals surface area contributed by atoms with Crippen molar-refractivity contribution in [1.29, 1.82) is 0 Å². The highest BCUT2D eigenvalue weighted by atomic mass is 19.4. The summed E-state index contributed by atoms with van der Waals surface area (Å²) in [5.41, 5.74) is -1.53. The lowest BCUT2D eigenvalue weighted by Gasteiger charge is -2.29. The minimum absolute atomic E-state index is 0.0393. The average Bonchev–Trinajstić information content (AvgIpc) is 2.78. The molecule has 2 unspecified atom stereocenters. The highest BCUT2D eigenvalue weighted by Gasteiger charge is 2.37. The Morgan fingerprint density at radius 3 is 1.94 bits per heavy atom. The van der Waals surface area contributed by atoms with Crippen LogP contribution in [0.4, 0.5) is 26.3 Å². The first-order valence-corrected chi connectivity index (χ1v) is 10.6. The van der Waals surface area contributed by atoms with E-state index in [1.165, 1.54) is 26.5 Å². The predicted octanol–water partition coefficient (Wildman–Crippen LogP) is 6.47. The quantitative estimate of drug-likeness (QED) is 0.393. The second-order valence-electron chi connectivity index (χ2n) is 7.90. The largest absolute Gasteiger partial charge is 0.461 e. The number of hydrogen-bond acceptors (Lipinski definition) is 4. The summed E-state index contributed by atoms with van der Waals surface area (Å²) >= 11 is 0. The smallest absolute Gasteiger partial charge is 0.416 e. The average molecular weight is 491 g/mol. The molecule has 1 aliphatic rings. The molecule has 1 heterocycles. The van der Waals surface area contributed by atoms with E-state index in [4.69, 9.17) is 9.47 Å². The van der Waals surface area contributed by atoms with Gasteiger partial charge in [-0.05, 0) is 49.1 Å². The van der Waals surface area contributed by atoms with E-state index in [1.807, 2.05) is 6.07 Å². The summed E-state index contributed by atoms with van der Waals surface area (Å²) in [7, 11) is 1.21. The van der Waals surface area contributed by atoms with Crippen molar-refractivity contribution in [3.8, 4) is 0 Å². The van der Waals surface area contributed by atoms with Crippen LogP contribution >= 0.6 is 0 Å². The van der Waals surface area contributed by atoms with Gasteiger partial charge in [-0.2, -0.15) is 26.3 Å². The summed E-state index contributed by atoms with van der Waals surface area (Å²) in [6, 6.07) is 12.2. The molecule has 0 bridgehead atoms. The van der Waals surface area contributed by atoms with E-state index in [1.54, 1.807) is 0 Å². The molecule has 2 aromatic rings. The molecular weight excluding hydrogens is 464 g/mol. The van der Waals surface area contributed by atoms with Gasteiger partial charge in [-0.15, -0.1) is 0 Å². The van der Waals surface area contributed by atoms with Crippen molar-refractivity contribution in [2.45, 2.75) is 57.3 Å². The molecule has 0 aliphatic carbocycles. The van der Waals surface area contributed by atoms with Gasteiger partial charge >= 0.3 is 18.3 Å². The summed E-state index contributed by atoms with van der Waals surface area (Å²) in [6.45, 7) is 3.58. The molecule has 188 valence electrons. The number of nitrogens with one attached hydrogen (secondary N) is 1. The zero-order chi connectivity index (χ0) is 25.5. The van der Waals surface area contributed by atoms with Gasteiger partial charge in [0.1, 0.15) is 6.10 Å². The SMILES string of the molecule is CC(=O)OC1CCC(c2ccccc2)NC1.CO[C@H](C)c1cc(C(F)(F)F)cc(C(F)(F)F)c1. The monoisotopic (exact) mass is 491 g/mol. The van der Waals surface area contributed by atoms with Crippen LogP contribution in [0.2, 0.25) is 0 Å². The standard InChI is InChI=1S/C13H17NO2.C11H10F6O/c1-10(15)16-12-7-8-13(14-9-12)11-5-3-2-4-6-11;1-6(18-2)7-3-8(10(12,13)14)5-9(4-7)11(15,16)17/h2-6,12-14H,7-9H2,1H3;3-6H,1-2H3/t;6-/m.1/s1. The van der Waals surface area contributed by atoms with Crippen LogP contribution in [-0.4, -0.2) is 25.7 Å². The predicted molar refractivity (Wildman–Crippen MR) is 114 cm³/mol. The van der Waals surface area contributed by atoms with Gasteiger partial charge in [0.2, 0.25) is 0 Å². The maximum atomic E-state index is 12.5.